The Morgan fingerprint density at radius 3 is 2.50 bits per heavy atom. The van der Waals surface area contributed by atoms with Gasteiger partial charge in [0.05, 0.1) is 0 Å². The Morgan fingerprint density at radius 2 is 1.82 bits per heavy atom. The standard InChI is InChI=1S/C15H14FN3O3/c1-15(2,20-3)14-17-13(22-19-14)11-8-12(21-18-11)9-4-6-10(16)7-5-9/h4-8H,1-3H3. The molecule has 114 valence electrons. The van der Waals surface area contributed by atoms with Gasteiger partial charge in [-0.2, -0.15) is 4.98 Å². The molecular weight excluding hydrogens is 289 g/mol. The summed E-state index contributed by atoms with van der Waals surface area (Å²) in [4.78, 5) is 4.26. The van der Waals surface area contributed by atoms with Crippen LogP contribution in [0.1, 0.15) is 19.7 Å². The fraction of sp³-hybridized carbons (Fsp3) is 0.267. The fourth-order valence-corrected chi connectivity index (χ4v) is 1.79. The molecule has 22 heavy (non-hydrogen) atoms. The summed E-state index contributed by atoms with van der Waals surface area (Å²) in [5, 5.41) is 7.79. The molecular formula is C15H14FN3O3. The van der Waals surface area contributed by atoms with Gasteiger partial charge in [0.2, 0.25) is 5.82 Å². The van der Waals surface area contributed by atoms with Gasteiger partial charge in [-0.1, -0.05) is 10.3 Å². The molecule has 0 saturated heterocycles. The second-order valence-electron chi connectivity index (χ2n) is 5.22. The Hall–Kier alpha value is -2.54. The van der Waals surface area contributed by atoms with Crippen molar-refractivity contribution in [2.45, 2.75) is 19.4 Å². The predicted octanol–water partition coefficient (Wildman–Crippen LogP) is 3.41. The summed E-state index contributed by atoms with van der Waals surface area (Å²) in [5.74, 6) is 0.821. The van der Waals surface area contributed by atoms with E-state index in [-0.39, 0.29) is 11.7 Å². The molecule has 0 spiro atoms. The molecule has 1 aromatic carbocycles. The molecule has 0 aliphatic rings. The maximum atomic E-state index is 12.9. The molecule has 3 rings (SSSR count). The average molecular weight is 303 g/mol. The number of aromatic nitrogens is 3. The highest BCUT2D eigenvalue weighted by atomic mass is 19.1. The molecule has 0 aliphatic heterocycles. The zero-order chi connectivity index (χ0) is 15.7. The highest BCUT2D eigenvalue weighted by Crippen LogP contribution is 2.27. The lowest BCUT2D eigenvalue weighted by molar-refractivity contribution is 0.00973. The van der Waals surface area contributed by atoms with Crippen LogP contribution in [0.15, 0.2) is 39.4 Å². The third-order valence-electron chi connectivity index (χ3n) is 3.33. The number of rotatable bonds is 4. The van der Waals surface area contributed by atoms with Gasteiger partial charge in [0.1, 0.15) is 11.4 Å². The van der Waals surface area contributed by atoms with Crippen molar-refractivity contribution in [3.05, 3.63) is 42.0 Å². The van der Waals surface area contributed by atoms with E-state index in [0.717, 1.165) is 0 Å². The highest BCUT2D eigenvalue weighted by molar-refractivity contribution is 5.62. The minimum absolute atomic E-state index is 0.234. The van der Waals surface area contributed by atoms with Gasteiger partial charge in [0.15, 0.2) is 11.5 Å². The van der Waals surface area contributed by atoms with E-state index in [4.69, 9.17) is 13.8 Å². The number of hydrogen-bond donors (Lipinski definition) is 0. The number of methoxy groups -OCH3 is 1. The molecule has 7 heteroatoms. The van der Waals surface area contributed by atoms with Gasteiger partial charge in [-0.05, 0) is 38.1 Å². The van der Waals surface area contributed by atoms with Crippen molar-refractivity contribution < 1.29 is 18.2 Å². The first-order valence-electron chi connectivity index (χ1n) is 6.62. The van der Waals surface area contributed by atoms with Crippen molar-refractivity contribution in [3.8, 4) is 22.9 Å². The monoisotopic (exact) mass is 303 g/mol. The summed E-state index contributed by atoms with van der Waals surface area (Å²) in [7, 11) is 1.57. The average Bonchev–Trinajstić information content (AvgIpc) is 3.17. The lowest BCUT2D eigenvalue weighted by atomic mass is 10.1. The number of benzene rings is 1. The van der Waals surface area contributed by atoms with Crippen LogP contribution >= 0.6 is 0 Å². The van der Waals surface area contributed by atoms with Crippen LogP contribution in [-0.4, -0.2) is 22.4 Å². The summed E-state index contributed by atoms with van der Waals surface area (Å²) >= 11 is 0. The summed E-state index contributed by atoms with van der Waals surface area (Å²) < 4.78 is 28.6. The minimum atomic E-state index is -0.661. The fourth-order valence-electron chi connectivity index (χ4n) is 1.79. The van der Waals surface area contributed by atoms with Crippen molar-refractivity contribution in [1.29, 1.82) is 0 Å². The Balaban J connectivity index is 1.89. The summed E-state index contributed by atoms with van der Waals surface area (Å²) in [6.07, 6.45) is 0. The molecule has 0 fully saturated rings. The first-order chi connectivity index (χ1) is 10.5. The minimum Gasteiger partial charge on any atom is -0.371 e. The van der Waals surface area contributed by atoms with Crippen LogP contribution in [0.4, 0.5) is 4.39 Å². The quantitative estimate of drug-likeness (QED) is 0.735. The number of hydrogen-bond acceptors (Lipinski definition) is 6. The first kappa shape index (κ1) is 14.4. The Bertz CT molecular complexity index is 777. The van der Waals surface area contributed by atoms with Crippen molar-refractivity contribution >= 4 is 0 Å². The van der Waals surface area contributed by atoms with Crippen molar-refractivity contribution in [2.24, 2.45) is 0 Å². The van der Waals surface area contributed by atoms with Crippen molar-refractivity contribution in [2.75, 3.05) is 7.11 Å². The Kier molecular flexibility index (Phi) is 3.50. The molecule has 0 atom stereocenters. The van der Waals surface area contributed by atoms with Gasteiger partial charge < -0.3 is 13.8 Å². The van der Waals surface area contributed by atoms with Gasteiger partial charge in [0.25, 0.3) is 5.89 Å². The second-order valence-corrected chi connectivity index (χ2v) is 5.22. The van der Waals surface area contributed by atoms with Gasteiger partial charge in [0, 0.05) is 18.7 Å². The lowest BCUT2D eigenvalue weighted by Crippen LogP contribution is -2.21. The molecule has 6 nitrogen and oxygen atoms in total. The molecule has 0 unspecified atom stereocenters. The van der Waals surface area contributed by atoms with E-state index in [2.05, 4.69) is 15.3 Å². The Morgan fingerprint density at radius 1 is 1.09 bits per heavy atom. The van der Waals surface area contributed by atoms with E-state index in [9.17, 15) is 4.39 Å². The normalized spacial score (nSPS) is 11.8. The molecule has 0 aliphatic carbocycles. The molecule has 3 aromatic rings. The molecule has 0 N–H and O–H groups in total. The van der Waals surface area contributed by atoms with Gasteiger partial charge in [-0.25, -0.2) is 4.39 Å². The molecule has 2 aromatic heterocycles. The number of halogens is 1. The smallest absolute Gasteiger partial charge is 0.280 e. The first-order valence-corrected chi connectivity index (χ1v) is 6.62. The van der Waals surface area contributed by atoms with Crippen LogP contribution in [0.3, 0.4) is 0 Å². The molecule has 0 amide bonds. The van der Waals surface area contributed by atoms with Crippen LogP contribution in [-0.2, 0) is 10.3 Å². The largest absolute Gasteiger partial charge is 0.371 e. The van der Waals surface area contributed by atoms with Crippen molar-refractivity contribution in [3.63, 3.8) is 0 Å². The third kappa shape index (κ3) is 2.62. The highest BCUT2D eigenvalue weighted by Gasteiger charge is 2.27. The molecule has 2 heterocycles. The van der Waals surface area contributed by atoms with E-state index in [1.165, 1.54) is 12.1 Å². The number of ether oxygens (including phenoxy) is 1. The van der Waals surface area contributed by atoms with Gasteiger partial charge in [-0.3, -0.25) is 0 Å². The zero-order valence-corrected chi connectivity index (χ0v) is 12.3. The summed E-state index contributed by atoms with van der Waals surface area (Å²) in [5.41, 5.74) is 0.452. The summed E-state index contributed by atoms with van der Waals surface area (Å²) in [6, 6.07) is 7.57. The van der Waals surface area contributed by atoms with Crippen molar-refractivity contribution in [1.82, 2.24) is 15.3 Å². The van der Waals surface area contributed by atoms with E-state index in [0.29, 0.717) is 22.8 Å². The third-order valence-corrected chi connectivity index (χ3v) is 3.33. The van der Waals surface area contributed by atoms with E-state index in [1.807, 2.05) is 13.8 Å². The maximum Gasteiger partial charge on any atom is 0.280 e. The zero-order valence-electron chi connectivity index (χ0n) is 12.3. The van der Waals surface area contributed by atoms with E-state index < -0.39 is 5.60 Å². The molecule has 0 bridgehead atoms. The van der Waals surface area contributed by atoms with Gasteiger partial charge in [-0.15, -0.1) is 0 Å². The summed E-state index contributed by atoms with van der Waals surface area (Å²) in [6.45, 7) is 3.66. The van der Waals surface area contributed by atoms with Crippen LogP contribution < -0.4 is 0 Å². The topological polar surface area (TPSA) is 74.2 Å². The number of nitrogens with zero attached hydrogens (tertiary/aromatic N) is 3. The van der Waals surface area contributed by atoms with E-state index in [1.54, 1.807) is 25.3 Å². The lowest BCUT2D eigenvalue weighted by Gasteiger charge is -2.17. The van der Waals surface area contributed by atoms with Crippen LogP contribution in [0.5, 0.6) is 0 Å². The second kappa shape index (κ2) is 5.34. The Labute approximate surface area is 125 Å². The van der Waals surface area contributed by atoms with Crippen LogP contribution in [0.25, 0.3) is 22.9 Å². The van der Waals surface area contributed by atoms with Gasteiger partial charge >= 0.3 is 0 Å². The van der Waals surface area contributed by atoms with E-state index >= 15 is 0 Å². The molecule has 0 radical (unpaired) electrons. The molecule has 0 saturated carbocycles. The maximum absolute atomic E-state index is 12.9. The van der Waals surface area contributed by atoms with Crippen LogP contribution in [0, 0.1) is 5.82 Å². The van der Waals surface area contributed by atoms with Crippen LogP contribution in [0.2, 0.25) is 0 Å². The SMILES string of the molecule is COC(C)(C)c1noc(-c2cc(-c3ccc(F)cc3)on2)n1. The predicted molar refractivity (Wildman–Crippen MR) is 75.2 cm³/mol.